The fraction of sp³-hybridized carbons (Fsp3) is 0.333. The third kappa shape index (κ3) is 2.15. The number of methoxy groups -OCH3 is 1. The van der Waals surface area contributed by atoms with Crippen LogP contribution in [0.2, 0.25) is 0 Å². The van der Waals surface area contributed by atoms with Crippen LogP contribution in [0.15, 0.2) is 40.1 Å². The Hall–Kier alpha value is -2.56. The van der Waals surface area contributed by atoms with Gasteiger partial charge in [0.2, 0.25) is 5.88 Å². The standard InChI is InChI=1S/C18H18N2O3/c1-10-15-16(11-6-8-12(22-2)9-7-11)17-13(4-3-5-14(17)21)19-18(15)23-20-10/h6-9,16,19H,3-5H2,1-2H3/t16-/m1/s1. The third-order valence-corrected chi connectivity index (χ3v) is 4.66. The molecule has 4 rings (SSSR count). The summed E-state index contributed by atoms with van der Waals surface area (Å²) in [5, 5.41) is 7.37. The lowest BCUT2D eigenvalue weighted by Crippen LogP contribution is -2.26. The lowest BCUT2D eigenvalue weighted by atomic mass is 9.76. The summed E-state index contributed by atoms with van der Waals surface area (Å²) in [6, 6.07) is 7.87. The number of aromatic nitrogens is 1. The summed E-state index contributed by atoms with van der Waals surface area (Å²) in [6.07, 6.45) is 2.35. The van der Waals surface area contributed by atoms with E-state index in [1.54, 1.807) is 7.11 Å². The average molecular weight is 310 g/mol. The van der Waals surface area contributed by atoms with Gasteiger partial charge in [-0.15, -0.1) is 0 Å². The zero-order valence-corrected chi connectivity index (χ0v) is 13.2. The Bertz CT molecular complexity index is 802. The minimum absolute atomic E-state index is 0.119. The molecular formula is C18H18N2O3. The van der Waals surface area contributed by atoms with Crippen LogP contribution >= 0.6 is 0 Å². The summed E-state index contributed by atoms with van der Waals surface area (Å²) in [4.78, 5) is 12.6. The molecule has 5 heteroatoms. The van der Waals surface area contributed by atoms with Crippen molar-refractivity contribution in [2.75, 3.05) is 12.4 Å². The van der Waals surface area contributed by atoms with Gasteiger partial charge in [-0.3, -0.25) is 4.79 Å². The molecule has 0 fully saturated rings. The number of benzene rings is 1. The van der Waals surface area contributed by atoms with E-state index in [0.29, 0.717) is 12.3 Å². The molecule has 2 aromatic rings. The average Bonchev–Trinajstić information content (AvgIpc) is 2.94. The SMILES string of the molecule is COc1ccc([C@H]2C3=C(CCCC3=O)Nc3onc(C)c32)cc1. The van der Waals surface area contributed by atoms with Crippen LogP contribution in [-0.4, -0.2) is 18.0 Å². The number of ether oxygens (including phenoxy) is 1. The Morgan fingerprint density at radius 2 is 2.04 bits per heavy atom. The van der Waals surface area contributed by atoms with Gasteiger partial charge in [0.1, 0.15) is 5.75 Å². The van der Waals surface area contributed by atoms with E-state index >= 15 is 0 Å². The Labute approximate surface area is 134 Å². The molecule has 0 saturated heterocycles. The zero-order valence-electron chi connectivity index (χ0n) is 13.2. The highest BCUT2D eigenvalue weighted by Gasteiger charge is 2.38. The van der Waals surface area contributed by atoms with Gasteiger partial charge in [0.15, 0.2) is 5.78 Å². The molecule has 2 aliphatic rings. The first-order valence-electron chi connectivity index (χ1n) is 7.82. The Balaban J connectivity index is 1.90. The summed E-state index contributed by atoms with van der Waals surface area (Å²) in [5.74, 6) is 1.56. The quantitative estimate of drug-likeness (QED) is 0.919. The lowest BCUT2D eigenvalue weighted by Gasteiger charge is -2.31. The molecule has 0 amide bonds. The van der Waals surface area contributed by atoms with Gasteiger partial charge in [-0.25, -0.2) is 0 Å². The normalized spacial score (nSPS) is 19.9. The van der Waals surface area contributed by atoms with E-state index in [9.17, 15) is 4.79 Å². The molecule has 1 N–H and O–H groups in total. The number of allylic oxidation sites excluding steroid dienone is 2. The van der Waals surface area contributed by atoms with Crippen LogP contribution in [0.3, 0.4) is 0 Å². The number of nitrogens with zero attached hydrogens (tertiary/aromatic N) is 1. The number of ketones is 1. The van der Waals surface area contributed by atoms with Crippen molar-refractivity contribution in [1.29, 1.82) is 0 Å². The number of aryl methyl sites for hydroxylation is 1. The Morgan fingerprint density at radius 3 is 2.78 bits per heavy atom. The minimum atomic E-state index is -0.119. The van der Waals surface area contributed by atoms with Gasteiger partial charge < -0.3 is 14.6 Å². The van der Waals surface area contributed by atoms with Crippen LogP contribution in [0.4, 0.5) is 5.88 Å². The van der Waals surface area contributed by atoms with Crippen LogP contribution in [0, 0.1) is 6.92 Å². The number of carbonyl (C=O) groups is 1. The van der Waals surface area contributed by atoms with Gasteiger partial charge in [0.25, 0.3) is 0 Å². The first-order valence-corrected chi connectivity index (χ1v) is 7.82. The fourth-order valence-corrected chi connectivity index (χ4v) is 3.55. The molecule has 0 radical (unpaired) electrons. The van der Waals surface area contributed by atoms with Crippen LogP contribution in [0.25, 0.3) is 0 Å². The maximum Gasteiger partial charge on any atom is 0.233 e. The smallest absolute Gasteiger partial charge is 0.233 e. The highest BCUT2D eigenvalue weighted by molar-refractivity contribution is 6.00. The lowest BCUT2D eigenvalue weighted by molar-refractivity contribution is -0.116. The van der Waals surface area contributed by atoms with Crippen molar-refractivity contribution < 1.29 is 14.1 Å². The van der Waals surface area contributed by atoms with Crippen molar-refractivity contribution >= 4 is 11.7 Å². The first-order chi connectivity index (χ1) is 11.2. The van der Waals surface area contributed by atoms with Gasteiger partial charge in [-0.05, 0) is 37.5 Å². The van der Waals surface area contributed by atoms with Gasteiger partial charge in [-0.2, -0.15) is 0 Å². The predicted octanol–water partition coefficient (Wildman–Crippen LogP) is 3.56. The molecule has 1 aromatic carbocycles. The maximum atomic E-state index is 12.6. The summed E-state index contributed by atoms with van der Waals surface area (Å²) < 4.78 is 10.7. The summed E-state index contributed by atoms with van der Waals surface area (Å²) in [6.45, 7) is 1.92. The molecule has 5 nitrogen and oxygen atoms in total. The Kier molecular flexibility index (Phi) is 3.22. The molecule has 0 saturated carbocycles. The number of Topliss-reactive ketones (excluding diaryl/α,β-unsaturated/α-hetero) is 1. The second-order valence-corrected chi connectivity index (χ2v) is 6.01. The van der Waals surface area contributed by atoms with Crippen molar-refractivity contribution in [2.24, 2.45) is 0 Å². The summed E-state index contributed by atoms with van der Waals surface area (Å²) in [5.41, 5.74) is 4.68. The topological polar surface area (TPSA) is 64.4 Å². The van der Waals surface area contributed by atoms with Crippen LogP contribution in [0.1, 0.15) is 42.0 Å². The maximum absolute atomic E-state index is 12.6. The predicted molar refractivity (Wildman–Crippen MR) is 85.6 cm³/mol. The molecule has 118 valence electrons. The van der Waals surface area contributed by atoms with E-state index in [2.05, 4.69) is 10.5 Å². The molecule has 0 spiro atoms. The summed E-state index contributed by atoms with van der Waals surface area (Å²) >= 11 is 0. The van der Waals surface area contributed by atoms with E-state index in [1.807, 2.05) is 31.2 Å². The second-order valence-electron chi connectivity index (χ2n) is 6.01. The van der Waals surface area contributed by atoms with Crippen molar-refractivity contribution in [2.45, 2.75) is 32.1 Å². The number of anilines is 1. The monoisotopic (exact) mass is 310 g/mol. The number of nitrogens with one attached hydrogen (secondary N) is 1. The highest BCUT2D eigenvalue weighted by Crippen LogP contribution is 2.46. The molecule has 1 aromatic heterocycles. The molecule has 0 unspecified atom stereocenters. The molecule has 1 aliphatic carbocycles. The first kappa shape index (κ1) is 14.1. The van der Waals surface area contributed by atoms with E-state index in [1.165, 1.54) is 0 Å². The zero-order chi connectivity index (χ0) is 16.0. The van der Waals surface area contributed by atoms with Crippen molar-refractivity contribution in [3.8, 4) is 5.75 Å². The minimum Gasteiger partial charge on any atom is -0.497 e. The molecule has 1 atom stereocenters. The number of fused-ring (bicyclic) bond motifs is 1. The number of rotatable bonds is 2. The van der Waals surface area contributed by atoms with Gasteiger partial charge >= 0.3 is 0 Å². The van der Waals surface area contributed by atoms with Crippen LogP contribution < -0.4 is 10.1 Å². The van der Waals surface area contributed by atoms with Crippen LogP contribution in [-0.2, 0) is 4.79 Å². The third-order valence-electron chi connectivity index (χ3n) is 4.66. The number of carbonyl (C=O) groups excluding carboxylic acids is 1. The molecule has 2 heterocycles. The largest absolute Gasteiger partial charge is 0.497 e. The molecule has 0 bridgehead atoms. The molecule has 1 aliphatic heterocycles. The van der Waals surface area contributed by atoms with E-state index in [4.69, 9.17) is 9.26 Å². The van der Waals surface area contributed by atoms with E-state index < -0.39 is 0 Å². The Morgan fingerprint density at radius 1 is 1.26 bits per heavy atom. The fourth-order valence-electron chi connectivity index (χ4n) is 3.55. The second kappa shape index (κ2) is 5.26. The molecular weight excluding hydrogens is 292 g/mol. The van der Waals surface area contributed by atoms with Gasteiger partial charge in [0, 0.05) is 23.6 Å². The van der Waals surface area contributed by atoms with E-state index in [0.717, 1.165) is 46.7 Å². The van der Waals surface area contributed by atoms with Crippen molar-refractivity contribution in [3.05, 3.63) is 52.4 Å². The van der Waals surface area contributed by atoms with Crippen LogP contribution in [0.5, 0.6) is 5.75 Å². The molecule has 23 heavy (non-hydrogen) atoms. The van der Waals surface area contributed by atoms with Crippen molar-refractivity contribution in [1.82, 2.24) is 5.16 Å². The highest BCUT2D eigenvalue weighted by atomic mass is 16.5. The van der Waals surface area contributed by atoms with Gasteiger partial charge in [-0.1, -0.05) is 17.3 Å². The van der Waals surface area contributed by atoms with Gasteiger partial charge in [0.05, 0.1) is 18.4 Å². The number of hydrogen-bond donors (Lipinski definition) is 1. The number of hydrogen-bond acceptors (Lipinski definition) is 5. The summed E-state index contributed by atoms with van der Waals surface area (Å²) in [7, 11) is 1.65. The van der Waals surface area contributed by atoms with E-state index in [-0.39, 0.29) is 11.7 Å². The van der Waals surface area contributed by atoms with Crippen molar-refractivity contribution in [3.63, 3.8) is 0 Å².